The molecule has 0 amide bonds. The average Bonchev–Trinajstić information content (AvgIpc) is 2.70. The molecule has 0 N–H and O–H groups in total. The van der Waals surface area contributed by atoms with Crippen molar-refractivity contribution in [2.75, 3.05) is 0 Å². The molecular weight excluding hydrogens is 231 g/mol. The Morgan fingerprint density at radius 1 is 1.44 bits per heavy atom. The predicted molar refractivity (Wildman–Crippen MR) is 67.0 cm³/mol. The lowest BCUT2D eigenvalue weighted by molar-refractivity contribution is 0.0992. The van der Waals surface area contributed by atoms with Gasteiger partial charge in [0, 0.05) is 19.7 Å². The highest BCUT2D eigenvalue weighted by Gasteiger charge is 2.14. The molecule has 0 spiro atoms. The highest BCUT2D eigenvalue weighted by atomic mass is 19.1. The van der Waals surface area contributed by atoms with Crippen LogP contribution in [0.25, 0.3) is 0 Å². The Bertz CT molecular complexity index is 575. The normalized spacial score (nSPS) is 10.6. The van der Waals surface area contributed by atoms with Crippen LogP contribution in [0.2, 0.25) is 0 Å². The number of ketones is 1. The van der Waals surface area contributed by atoms with Crippen LogP contribution in [-0.2, 0) is 19.9 Å². The van der Waals surface area contributed by atoms with Gasteiger partial charge in [0.1, 0.15) is 5.82 Å². The van der Waals surface area contributed by atoms with Crippen molar-refractivity contribution in [3.05, 3.63) is 53.1 Å². The molecule has 0 saturated heterocycles. The summed E-state index contributed by atoms with van der Waals surface area (Å²) in [7, 11) is 1.79. The minimum atomic E-state index is -0.317. The number of nitrogens with zero attached hydrogens (tertiary/aromatic N) is 2. The maximum atomic E-state index is 13.0. The summed E-state index contributed by atoms with van der Waals surface area (Å²) in [5, 5.41) is 4.23. The van der Waals surface area contributed by atoms with E-state index in [9.17, 15) is 9.18 Å². The summed E-state index contributed by atoms with van der Waals surface area (Å²) in [6, 6.07) is 6.13. The van der Waals surface area contributed by atoms with Crippen molar-refractivity contribution < 1.29 is 9.18 Å². The Hall–Kier alpha value is -1.97. The first kappa shape index (κ1) is 12.5. The van der Waals surface area contributed by atoms with Gasteiger partial charge in [-0.15, -0.1) is 0 Å². The fourth-order valence-corrected chi connectivity index (χ4v) is 1.96. The molecule has 0 saturated carbocycles. The zero-order valence-corrected chi connectivity index (χ0v) is 10.5. The number of aromatic nitrogens is 2. The zero-order valence-electron chi connectivity index (χ0n) is 10.5. The number of hydrogen-bond donors (Lipinski definition) is 0. The molecule has 94 valence electrons. The lowest BCUT2D eigenvalue weighted by Crippen LogP contribution is -2.05. The van der Waals surface area contributed by atoms with Gasteiger partial charge in [0.2, 0.25) is 0 Å². The Balaban J connectivity index is 2.21. The highest BCUT2D eigenvalue weighted by Crippen LogP contribution is 2.12. The Kier molecular flexibility index (Phi) is 3.55. The fraction of sp³-hybridized carbons (Fsp3) is 0.286. The summed E-state index contributed by atoms with van der Waals surface area (Å²) in [6.45, 7) is 1.96. The van der Waals surface area contributed by atoms with Crippen LogP contribution >= 0.6 is 0 Å². The summed E-state index contributed by atoms with van der Waals surface area (Å²) in [5.74, 6) is -0.340. The summed E-state index contributed by atoms with van der Waals surface area (Å²) in [5.41, 5.74) is 2.11. The SMILES string of the molecule is CCc1nn(C)cc1C(=O)Cc1cccc(F)c1. The van der Waals surface area contributed by atoms with Crippen LogP contribution in [0.4, 0.5) is 4.39 Å². The molecule has 18 heavy (non-hydrogen) atoms. The smallest absolute Gasteiger partial charge is 0.170 e. The van der Waals surface area contributed by atoms with E-state index in [4.69, 9.17) is 0 Å². The second-order valence-corrected chi connectivity index (χ2v) is 4.25. The highest BCUT2D eigenvalue weighted by molar-refractivity contribution is 5.98. The van der Waals surface area contributed by atoms with E-state index in [-0.39, 0.29) is 18.0 Å². The number of Topliss-reactive ketones (excluding diaryl/α,β-unsaturated/α-hetero) is 1. The van der Waals surface area contributed by atoms with E-state index in [1.807, 2.05) is 6.92 Å². The number of carbonyl (C=O) groups is 1. The van der Waals surface area contributed by atoms with Gasteiger partial charge in [-0.1, -0.05) is 19.1 Å². The Morgan fingerprint density at radius 3 is 2.89 bits per heavy atom. The van der Waals surface area contributed by atoms with Gasteiger partial charge in [-0.2, -0.15) is 5.10 Å². The van der Waals surface area contributed by atoms with Crippen LogP contribution in [0.15, 0.2) is 30.5 Å². The van der Waals surface area contributed by atoms with Crippen molar-refractivity contribution in [3.63, 3.8) is 0 Å². The number of hydrogen-bond acceptors (Lipinski definition) is 2. The first-order valence-electron chi connectivity index (χ1n) is 5.90. The van der Waals surface area contributed by atoms with Crippen molar-refractivity contribution in [2.45, 2.75) is 19.8 Å². The van der Waals surface area contributed by atoms with Crippen molar-refractivity contribution in [1.29, 1.82) is 0 Å². The lowest BCUT2D eigenvalue weighted by atomic mass is 10.0. The molecule has 2 rings (SSSR count). The van der Waals surface area contributed by atoms with Gasteiger partial charge in [0.15, 0.2) is 5.78 Å². The maximum Gasteiger partial charge on any atom is 0.170 e. The largest absolute Gasteiger partial charge is 0.294 e. The third kappa shape index (κ3) is 2.64. The molecule has 2 aromatic rings. The number of aryl methyl sites for hydroxylation is 2. The maximum absolute atomic E-state index is 13.0. The fourth-order valence-electron chi connectivity index (χ4n) is 1.96. The first-order chi connectivity index (χ1) is 8.60. The van der Waals surface area contributed by atoms with Crippen LogP contribution in [0.5, 0.6) is 0 Å². The van der Waals surface area contributed by atoms with Crippen LogP contribution in [0.1, 0.15) is 28.5 Å². The summed E-state index contributed by atoms with van der Waals surface area (Å²) in [6.07, 6.45) is 2.64. The number of halogens is 1. The molecule has 4 heteroatoms. The molecule has 0 unspecified atom stereocenters. The van der Waals surface area contributed by atoms with Gasteiger partial charge in [-0.3, -0.25) is 9.48 Å². The zero-order chi connectivity index (χ0) is 13.1. The molecule has 0 radical (unpaired) electrons. The van der Waals surface area contributed by atoms with E-state index in [0.717, 1.165) is 5.69 Å². The first-order valence-corrected chi connectivity index (χ1v) is 5.90. The molecule has 0 aliphatic heterocycles. The molecule has 0 aliphatic carbocycles. The predicted octanol–water partition coefficient (Wildman–Crippen LogP) is 2.55. The van der Waals surface area contributed by atoms with E-state index in [0.29, 0.717) is 17.5 Å². The van der Waals surface area contributed by atoms with Gasteiger partial charge in [-0.05, 0) is 24.1 Å². The van der Waals surface area contributed by atoms with Gasteiger partial charge < -0.3 is 0 Å². The second-order valence-electron chi connectivity index (χ2n) is 4.25. The van der Waals surface area contributed by atoms with Crippen LogP contribution in [0.3, 0.4) is 0 Å². The van der Waals surface area contributed by atoms with E-state index in [2.05, 4.69) is 5.10 Å². The molecule has 0 aliphatic rings. The van der Waals surface area contributed by atoms with Crippen molar-refractivity contribution >= 4 is 5.78 Å². The van der Waals surface area contributed by atoms with Gasteiger partial charge in [0.05, 0.1) is 11.3 Å². The van der Waals surface area contributed by atoms with Crippen molar-refractivity contribution in [1.82, 2.24) is 9.78 Å². The third-order valence-corrected chi connectivity index (χ3v) is 2.79. The van der Waals surface area contributed by atoms with Crippen molar-refractivity contribution in [2.24, 2.45) is 7.05 Å². The monoisotopic (exact) mass is 246 g/mol. The molecule has 1 aromatic carbocycles. The minimum Gasteiger partial charge on any atom is -0.294 e. The number of rotatable bonds is 4. The molecule has 0 fully saturated rings. The van der Waals surface area contributed by atoms with Gasteiger partial charge >= 0.3 is 0 Å². The quantitative estimate of drug-likeness (QED) is 0.777. The minimum absolute atomic E-state index is 0.0226. The van der Waals surface area contributed by atoms with Gasteiger partial charge in [-0.25, -0.2) is 4.39 Å². The van der Waals surface area contributed by atoms with E-state index < -0.39 is 0 Å². The van der Waals surface area contributed by atoms with E-state index >= 15 is 0 Å². The molecule has 0 atom stereocenters. The third-order valence-electron chi connectivity index (χ3n) is 2.79. The average molecular weight is 246 g/mol. The van der Waals surface area contributed by atoms with Gasteiger partial charge in [0.25, 0.3) is 0 Å². The van der Waals surface area contributed by atoms with E-state index in [1.165, 1.54) is 12.1 Å². The summed E-state index contributed by atoms with van der Waals surface area (Å²) < 4.78 is 14.7. The van der Waals surface area contributed by atoms with Crippen LogP contribution in [-0.4, -0.2) is 15.6 Å². The molecule has 1 heterocycles. The standard InChI is InChI=1S/C14H15FN2O/c1-3-13-12(9-17(2)16-13)14(18)8-10-5-4-6-11(15)7-10/h4-7,9H,3,8H2,1-2H3. The molecule has 0 bridgehead atoms. The molecule has 1 aromatic heterocycles. The summed E-state index contributed by atoms with van der Waals surface area (Å²) >= 11 is 0. The van der Waals surface area contributed by atoms with Crippen LogP contribution < -0.4 is 0 Å². The molecular formula is C14H15FN2O. The topological polar surface area (TPSA) is 34.9 Å². The molecule has 3 nitrogen and oxygen atoms in total. The van der Waals surface area contributed by atoms with Crippen LogP contribution in [0, 0.1) is 5.82 Å². The second kappa shape index (κ2) is 5.12. The Labute approximate surface area is 105 Å². The number of benzene rings is 1. The lowest BCUT2D eigenvalue weighted by Gasteiger charge is -2.01. The summed E-state index contributed by atoms with van der Waals surface area (Å²) in [4.78, 5) is 12.1. The van der Waals surface area contributed by atoms with E-state index in [1.54, 1.807) is 30.1 Å². The number of carbonyl (C=O) groups excluding carboxylic acids is 1. The Morgan fingerprint density at radius 2 is 2.22 bits per heavy atom. The van der Waals surface area contributed by atoms with Crippen molar-refractivity contribution in [3.8, 4) is 0 Å².